The number of allylic oxidation sites excluding steroid dienone is 4. The summed E-state index contributed by atoms with van der Waals surface area (Å²) in [4.78, 5) is 0. The van der Waals surface area contributed by atoms with Crippen molar-refractivity contribution >= 4 is 0 Å². The van der Waals surface area contributed by atoms with Crippen molar-refractivity contribution in [3.05, 3.63) is 23.8 Å². The van der Waals surface area contributed by atoms with Crippen LogP contribution < -0.4 is 0 Å². The first-order valence-corrected chi connectivity index (χ1v) is 7.09. The van der Waals surface area contributed by atoms with Gasteiger partial charge in [0.05, 0.1) is 0 Å². The zero-order chi connectivity index (χ0) is 13.8. The molecule has 0 aromatic rings. The number of hydrogen-bond acceptors (Lipinski definition) is 1. The Bertz CT molecular complexity index is 293. The van der Waals surface area contributed by atoms with Crippen molar-refractivity contribution in [1.82, 2.24) is 0 Å². The monoisotopic (exact) mass is 248 g/mol. The molecule has 0 amide bonds. The molecule has 1 heteroatoms. The second-order valence-corrected chi connectivity index (χ2v) is 4.98. The first kappa shape index (κ1) is 17.0. The molecule has 0 rings (SSSR count). The summed E-state index contributed by atoms with van der Waals surface area (Å²) >= 11 is 0. The average Bonchev–Trinajstić information content (AvgIpc) is 2.37. The van der Waals surface area contributed by atoms with Crippen LogP contribution in [0.4, 0.5) is 0 Å². The topological polar surface area (TPSA) is 20.2 Å². The van der Waals surface area contributed by atoms with Gasteiger partial charge in [0, 0.05) is 6.61 Å². The molecule has 18 heavy (non-hydrogen) atoms. The normalized spacial score (nSPS) is 15.6. The summed E-state index contributed by atoms with van der Waals surface area (Å²) < 4.78 is 0. The lowest BCUT2D eigenvalue weighted by molar-refractivity contribution is 0.266. The molecule has 0 aliphatic carbocycles. The van der Waals surface area contributed by atoms with E-state index >= 15 is 0 Å². The fourth-order valence-electron chi connectivity index (χ4n) is 2.42. The molecule has 0 radical (unpaired) electrons. The molecule has 102 valence electrons. The van der Waals surface area contributed by atoms with E-state index in [1.165, 1.54) is 24.8 Å². The van der Waals surface area contributed by atoms with Crippen molar-refractivity contribution in [2.75, 3.05) is 6.61 Å². The third kappa shape index (κ3) is 7.35. The van der Waals surface area contributed by atoms with Crippen molar-refractivity contribution in [3.8, 4) is 12.3 Å². The molecule has 0 fully saturated rings. The highest BCUT2D eigenvalue weighted by Crippen LogP contribution is 2.27. The van der Waals surface area contributed by atoms with E-state index in [1.807, 2.05) is 0 Å². The maximum atomic E-state index is 8.88. The fourth-order valence-corrected chi connectivity index (χ4v) is 2.42. The molecule has 0 saturated heterocycles. The summed E-state index contributed by atoms with van der Waals surface area (Å²) in [6, 6.07) is 0. The number of aliphatic hydroxyl groups excluding tert-OH is 1. The molecule has 0 saturated carbocycles. The standard InChI is InChI=1S/C17H28O/c1-5-8-12-16(7-3)17(10-6-2)14-15(4)11-9-13-18/h1,7-8,12,15,17-18H,6,9-11,13-14H2,2-4H3/b12-8-,16-7+. The van der Waals surface area contributed by atoms with Gasteiger partial charge in [-0.05, 0) is 56.1 Å². The van der Waals surface area contributed by atoms with Crippen LogP contribution in [-0.2, 0) is 0 Å². The third-order valence-electron chi connectivity index (χ3n) is 3.36. The molecular formula is C17H28O. The Hall–Kier alpha value is -1.00. The van der Waals surface area contributed by atoms with E-state index in [2.05, 4.69) is 38.8 Å². The Labute approximate surface area is 113 Å². The summed E-state index contributed by atoms with van der Waals surface area (Å²) in [6.07, 6.45) is 16.9. The summed E-state index contributed by atoms with van der Waals surface area (Å²) in [5.74, 6) is 3.81. The highest BCUT2D eigenvalue weighted by molar-refractivity contribution is 5.26. The second kappa shape index (κ2) is 11.1. The number of terminal acetylenes is 1. The minimum absolute atomic E-state index is 0.302. The van der Waals surface area contributed by atoms with Gasteiger partial charge in [0.15, 0.2) is 0 Å². The van der Waals surface area contributed by atoms with Crippen LogP contribution in [0.1, 0.15) is 52.9 Å². The van der Waals surface area contributed by atoms with Gasteiger partial charge < -0.3 is 5.11 Å². The molecule has 0 aromatic carbocycles. The molecule has 1 nitrogen and oxygen atoms in total. The lowest BCUT2D eigenvalue weighted by Gasteiger charge is -2.21. The predicted octanol–water partition coefficient (Wildman–Crippen LogP) is 4.34. The average molecular weight is 248 g/mol. The molecule has 0 heterocycles. The number of hydrogen-bond donors (Lipinski definition) is 1. The zero-order valence-electron chi connectivity index (χ0n) is 12.2. The first-order chi connectivity index (χ1) is 8.69. The van der Waals surface area contributed by atoms with Crippen LogP contribution in [0.15, 0.2) is 23.8 Å². The molecule has 0 bridgehead atoms. The smallest absolute Gasteiger partial charge is 0.0431 e. The van der Waals surface area contributed by atoms with Gasteiger partial charge >= 0.3 is 0 Å². The van der Waals surface area contributed by atoms with Crippen LogP contribution in [0.3, 0.4) is 0 Å². The molecule has 2 unspecified atom stereocenters. The third-order valence-corrected chi connectivity index (χ3v) is 3.36. The Morgan fingerprint density at radius 2 is 2.11 bits per heavy atom. The molecule has 1 N–H and O–H groups in total. The van der Waals surface area contributed by atoms with Gasteiger partial charge in [-0.25, -0.2) is 0 Å². The maximum Gasteiger partial charge on any atom is 0.0431 e. The van der Waals surface area contributed by atoms with E-state index in [0.29, 0.717) is 18.4 Å². The summed E-state index contributed by atoms with van der Waals surface area (Å²) in [5, 5.41) is 8.88. The highest BCUT2D eigenvalue weighted by atomic mass is 16.2. The minimum Gasteiger partial charge on any atom is -0.396 e. The van der Waals surface area contributed by atoms with Crippen molar-refractivity contribution in [1.29, 1.82) is 0 Å². The van der Waals surface area contributed by atoms with Crippen LogP contribution in [0.5, 0.6) is 0 Å². The largest absolute Gasteiger partial charge is 0.396 e. The number of rotatable bonds is 9. The van der Waals surface area contributed by atoms with Gasteiger partial charge in [-0.3, -0.25) is 0 Å². The summed E-state index contributed by atoms with van der Waals surface area (Å²) in [7, 11) is 0. The van der Waals surface area contributed by atoms with Crippen molar-refractivity contribution < 1.29 is 5.11 Å². The predicted molar refractivity (Wildman–Crippen MR) is 80.2 cm³/mol. The Morgan fingerprint density at radius 1 is 1.39 bits per heavy atom. The van der Waals surface area contributed by atoms with Crippen molar-refractivity contribution in [3.63, 3.8) is 0 Å². The van der Waals surface area contributed by atoms with Crippen LogP contribution in [0.25, 0.3) is 0 Å². The van der Waals surface area contributed by atoms with Crippen LogP contribution in [0.2, 0.25) is 0 Å². The molecule has 0 aromatic heterocycles. The summed E-state index contributed by atoms with van der Waals surface area (Å²) in [5.41, 5.74) is 1.35. The zero-order valence-corrected chi connectivity index (χ0v) is 12.2. The Balaban J connectivity index is 4.53. The van der Waals surface area contributed by atoms with Crippen LogP contribution >= 0.6 is 0 Å². The van der Waals surface area contributed by atoms with Gasteiger partial charge in [0.1, 0.15) is 0 Å². The molecule has 0 aliphatic heterocycles. The Kier molecular flexibility index (Phi) is 10.5. The number of aliphatic hydroxyl groups is 1. The molecule has 0 aliphatic rings. The van der Waals surface area contributed by atoms with Crippen molar-refractivity contribution in [2.45, 2.75) is 52.9 Å². The van der Waals surface area contributed by atoms with E-state index in [0.717, 1.165) is 12.8 Å². The quantitative estimate of drug-likeness (QED) is 0.475. The van der Waals surface area contributed by atoms with E-state index in [1.54, 1.807) is 6.08 Å². The maximum absolute atomic E-state index is 8.88. The van der Waals surface area contributed by atoms with Gasteiger partial charge in [-0.15, -0.1) is 6.42 Å². The van der Waals surface area contributed by atoms with E-state index in [9.17, 15) is 0 Å². The lowest BCUT2D eigenvalue weighted by Crippen LogP contribution is -2.09. The Morgan fingerprint density at radius 3 is 2.61 bits per heavy atom. The van der Waals surface area contributed by atoms with Gasteiger partial charge in [0.25, 0.3) is 0 Å². The van der Waals surface area contributed by atoms with E-state index in [4.69, 9.17) is 11.5 Å². The first-order valence-electron chi connectivity index (χ1n) is 7.09. The van der Waals surface area contributed by atoms with E-state index in [-0.39, 0.29) is 0 Å². The van der Waals surface area contributed by atoms with Gasteiger partial charge in [0.2, 0.25) is 0 Å². The van der Waals surface area contributed by atoms with Gasteiger partial charge in [-0.1, -0.05) is 38.3 Å². The fraction of sp³-hybridized carbons (Fsp3) is 0.647. The lowest BCUT2D eigenvalue weighted by atomic mass is 9.84. The minimum atomic E-state index is 0.302. The van der Waals surface area contributed by atoms with Crippen molar-refractivity contribution in [2.24, 2.45) is 11.8 Å². The SMILES string of the molecule is C#C/C=C\C(=C/C)C(CCC)CC(C)CCCO. The molecule has 0 spiro atoms. The van der Waals surface area contributed by atoms with E-state index < -0.39 is 0 Å². The molecule has 2 atom stereocenters. The summed E-state index contributed by atoms with van der Waals surface area (Å²) in [6.45, 7) is 6.88. The second-order valence-electron chi connectivity index (χ2n) is 4.98. The van der Waals surface area contributed by atoms with Gasteiger partial charge in [-0.2, -0.15) is 0 Å². The highest BCUT2D eigenvalue weighted by Gasteiger charge is 2.14. The van der Waals surface area contributed by atoms with Crippen LogP contribution in [0, 0.1) is 24.2 Å². The molecular weight excluding hydrogens is 220 g/mol. The van der Waals surface area contributed by atoms with Crippen LogP contribution in [-0.4, -0.2) is 11.7 Å².